The van der Waals surface area contributed by atoms with Crippen molar-refractivity contribution < 1.29 is 4.74 Å². The van der Waals surface area contributed by atoms with Gasteiger partial charge in [-0.15, -0.1) is 5.10 Å². The average molecular weight is 298 g/mol. The van der Waals surface area contributed by atoms with Crippen molar-refractivity contribution >= 4 is 27.2 Å². The molecule has 0 spiro atoms. The van der Waals surface area contributed by atoms with Crippen LogP contribution in [0.1, 0.15) is 11.3 Å². The number of aromatic nitrogens is 4. The van der Waals surface area contributed by atoms with E-state index in [1.54, 1.807) is 11.6 Å². The zero-order valence-corrected chi connectivity index (χ0v) is 12.8. The van der Waals surface area contributed by atoms with Crippen molar-refractivity contribution in [2.75, 3.05) is 7.11 Å². The number of methoxy groups -OCH3 is 1. The highest BCUT2D eigenvalue weighted by atomic mass is 32.1. The first-order valence-corrected chi connectivity index (χ1v) is 7.47. The number of H-pyrrole nitrogens is 1. The van der Waals surface area contributed by atoms with Gasteiger partial charge in [-0.25, -0.2) is 9.50 Å². The van der Waals surface area contributed by atoms with Crippen LogP contribution >= 0.6 is 11.3 Å². The van der Waals surface area contributed by atoms with Gasteiger partial charge in [-0.1, -0.05) is 11.6 Å². The van der Waals surface area contributed by atoms with E-state index in [0.29, 0.717) is 5.19 Å². The van der Waals surface area contributed by atoms with Crippen molar-refractivity contribution in [3.8, 4) is 16.5 Å². The summed E-state index contributed by atoms with van der Waals surface area (Å²) >= 11 is 1.44. The molecule has 0 fully saturated rings. The minimum atomic E-state index is 0.621. The van der Waals surface area contributed by atoms with Crippen LogP contribution in [0.25, 0.3) is 27.1 Å². The predicted molar refractivity (Wildman–Crippen MR) is 84.2 cm³/mol. The van der Waals surface area contributed by atoms with E-state index in [9.17, 15) is 0 Å². The Labute approximate surface area is 125 Å². The lowest BCUT2D eigenvalue weighted by molar-refractivity contribution is 0.405. The van der Waals surface area contributed by atoms with Crippen molar-refractivity contribution in [2.45, 2.75) is 13.8 Å². The Morgan fingerprint density at radius 2 is 2.14 bits per heavy atom. The molecule has 4 rings (SSSR count). The van der Waals surface area contributed by atoms with Gasteiger partial charge in [0.05, 0.1) is 19.0 Å². The zero-order valence-electron chi connectivity index (χ0n) is 12.0. The molecule has 0 amide bonds. The number of fused-ring (bicyclic) bond motifs is 2. The van der Waals surface area contributed by atoms with Crippen LogP contribution in [-0.2, 0) is 0 Å². The molecule has 0 radical (unpaired) electrons. The molecule has 106 valence electrons. The standard InChI is InChI=1S/C15H14N4OS/c1-8-4-5-11-10(6-8)13(9(2)16-11)12-7-19-14(17-12)21-15(18-19)20-3/h4-7,16H,1-3H3. The molecule has 0 saturated heterocycles. The van der Waals surface area contributed by atoms with E-state index in [1.807, 2.05) is 6.20 Å². The smallest absolute Gasteiger partial charge is 0.294 e. The van der Waals surface area contributed by atoms with Crippen molar-refractivity contribution in [1.29, 1.82) is 0 Å². The van der Waals surface area contributed by atoms with E-state index in [0.717, 1.165) is 27.4 Å². The highest BCUT2D eigenvalue weighted by molar-refractivity contribution is 7.18. The molecule has 0 atom stereocenters. The Morgan fingerprint density at radius 3 is 2.90 bits per heavy atom. The SMILES string of the molecule is COc1nn2cc(-c3c(C)[nH]c4ccc(C)cc34)nc2s1. The number of aromatic amines is 1. The summed E-state index contributed by atoms with van der Waals surface area (Å²) in [5, 5.41) is 6.15. The monoisotopic (exact) mass is 298 g/mol. The molecule has 1 N–H and O–H groups in total. The molecule has 0 bridgehead atoms. The summed E-state index contributed by atoms with van der Waals surface area (Å²) in [6, 6.07) is 6.41. The maximum atomic E-state index is 5.14. The minimum Gasteiger partial charge on any atom is -0.472 e. The molecule has 3 aromatic heterocycles. The van der Waals surface area contributed by atoms with Gasteiger partial charge < -0.3 is 9.72 Å². The topological polar surface area (TPSA) is 55.2 Å². The lowest BCUT2D eigenvalue weighted by atomic mass is 10.1. The second-order valence-corrected chi connectivity index (χ2v) is 6.02. The molecule has 0 saturated carbocycles. The van der Waals surface area contributed by atoms with Crippen LogP contribution in [0.4, 0.5) is 0 Å². The lowest BCUT2D eigenvalue weighted by Gasteiger charge is -1.97. The largest absolute Gasteiger partial charge is 0.472 e. The number of benzene rings is 1. The quantitative estimate of drug-likeness (QED) is 0.615. The van der Waals surface area contributed by atoms with E-state index in [4.69, 9.17) is 4.74 Å². The molecule has 4 aromatic rings. The van der Waals surface area contributed by atoms with Crippen molar-refractivity contribution in [2.24, 2.45) is 0 Å². The fourth-order valence-corrected chi connectivity index (χ4v) is 3.35. The number of hydrogen-bond acceptors (Lipinski definition) is 4. The van der Waals surface area contributed by atoms with Crippen LogP contribution in [0.3, 0.4) is 0 Å². The van der Waals surface area contributed by atoms with Crippen LogP contribution in [0, 0.1) is 13.8 Å². The van der Waals surface area contributed by atoms with E-state index in [2.05, 4.69) is 47.1 Å². The number of aryl methyl sites for hydroxylation is 2. The first-order chi connectivity index (χ1) is 10.2. The first kappa shape index (κ1) is 12.4. The number of nitrogens with one attached hydrogen (secondary N) is 1. The summed E-state index contributed by atoms with van der Waals surface area (Å²) in [4.78, 5) is 8.94. The van der Waals surface area contributed by atoms with Gasteiger partial charge in [0.15, 0.2) is 0 Å². The molecular weight excluding hydrogens is 284 g/mol. The van der Waals surface area contributed by atoms with Gasteiger partial charge in [0, 0.05) is 22.2 Å². The van der Waals surface area contributed by atoms with E-state index >= 15 is 0 Å². The molecule has 0 aliphatic heterocycles. The normalized spacial score (nSPS) is 11.6. The molecule has 0 aliphatic rings. The fourth-order valence-electron chi connectivity index (χ4n) is 2.66. The number of imidazole rings is 1. The van der Waals surface area contributed by atoms with Gasteiger partial charge in [-0.05, 0) is 37.3 Å². The van der Waals surface area contributed by atoms with Gasteiger partial charge in [0.2, 0.25) is 4.96 Å². The Kier molecular flexibility index (Phi) is 2.56. The second-order valence-electron chi connectivity index (χ2n) is 5.10. The molecule has 3 heterocycles. The van der Waals surface area contributed by atoms with Crippen LogP contribution in [0.5, 0.6) is 5.19 Å². The molecule has 6 heteroatoms. The lowest BCUT2D eigenvalue weighted by Crippen LogP contribution is -1.84. The Hall–Kier alpha value is -2.34. The highest BCUT2D eigenvalue weighted by Crippen LogP contribution is 2.33. The summed E-state index contributed by atoms with van der Waals surface area (Å²) in [6.07, 6.45) is 1.95. The summed E-state index contributed by atoms with van der Waals surface area (Å²) in [6.45, 7) is 4.18. The van der Waals surface area contributed by atoms with Crippen molar-refractivity contribution in [1.82, 2.24) is 19.6 Å². The van der Waals surface area contributed by atoms with Gasteiger partial charge in [-0.3, -0.25) is 0 Å². The fraction of sp³-hybridized carbons (Fsp3) is 0.200. The molecule has 21 heavy (non-hydrogen) atoms. The Morgan fingerprint density at radius 1 is 1.29 bits per heavy atom. The minimum absolute atomic E-state index is 0.621. The summed E-state index contributed by atoms with van der Waals surface area (Å²) < 4.78 is 6.91. The van der Waals surface area contributed by atoms with Gasteiger partial charge in [0.25, 0.3) is 5.19 Å². The maximum absolute atomic E-state index is 5.14. The first-order valence-electron chi connectivity index (χ1n) is 6.65. The molecular formula is C15H14N4OS. The third kappa shape index (κ3) is 1.83. The maximum Gasteiger partial charge on any atom is 0.294 e. The van der Waals surface area contributed by atoms with E-state index in [1.165, 1.54) is 22.3 Å². The summed E-state index contributed by atoms with van der Waals surface area (Å²) in [5.41, 5.74) is 5.57. The van der Waals surface area contributed by atoms with E-state index in [-0.39, 0.29) is 0 Å². The van der Waals surface area contributed by atoms with Gasteiger partial charge >= 0.3 is 0 Å². The molecule has 0 aliphatic carbocycles. The van der Waals surface area contributed by atoms with Crippen LogP contribution in [0.15, 0.2) is 24.4 Å². The highest BCUT2D eigenvalue weighted by Gasteiger charge is 2.16. The number of nitrogens with zero attached hydrogens (tertiary/aromatic N) is 3. The Balaban J connectivity index is 1.96. The average Bonchev–Trinajstić information content (AvgIpc) is 3.07. The second kappa shape index (κ2) is 4.33. The van der Waals surface area contributed by atoms with Crippen LogP contribution in [0.2, 0.25) is 0 Å². The molecule has 0 unspecified atom stereocenters. The van der Waals surface area contributed by atoms with E-state index < -0.39 is 0 Å². The molecule has 1 aromatic carbocycles. The zero-order chi connectivity index (χ0) is 14.6. The molecule has 5 nitrogen and oxygen atoms in total. The van der Waals surface area contributed by atoms with Crippen LogP contribution < -0.4 is 4.74 Å². The van der Waals surface area contributed by atoms with Gasteiger partial charge in [0.1, 0.15) is 0 Å². The van der Waals surface area contributed by atoms with Gasteiger partial charge in [-0.2, -0.15) is 0 Å². The third-order valence-electron chi connectivity index (χ3n) is 3.60. The predicted octanol–water partition coefficient (Wildman–Crippen LogP) is 3.56. The van der Waals surface area contributed by atoms with Crippen molar-refractivity contribution in [3.63, 3.8) is 0 Å². The third-order valence-corrected chi connectivity index (χ3v) is 4.48. The summed E-state index contributed by atoms with van der Waals surface area (Å²) in [7, 11) is 1.62. The number of rotatable bonds is 2. The summed E-state index contributed by atoms with van der Waals surface area (Å²) in [5.74, 6) is 0. The van der Waals surface area contributed by atoms with Crippen LogP contribution in [-0.4, -0.2) is 26.7 Å². The number of ether oxygens (including phenoxy) is 1. The Bertz CT molecular complexity index is 931. The number of hydrogen-bond donors (Lipinski definition) is 1. The van der Waals surface area contributed by atoms with Crippen molar-refractivity contribution in [3.05, 3.63) is 35.7 Å².